The zero-order valence-electron chi connectivity index (χ0n) is 12.9. The van der Waals surface area contributed by atoms with E-state index in [9.17, 15) is 9.90 Å². The highest BCUT2D eigenvalue weighted by molar-refractivity contribution is 8.16. The average molecular weight is 327 g/mol. The van der Waals surface area contributed by atoms with E-state index >= 15 is 0 Å². The molecule has 1 unspecified atom stereocenters. The number of aromatic hydroxyl groups is 1. The van der Waals surface area contributed by atoms with Crippen LogP contribution in [0.1, 0.15) is 12.5 Å². The van der Waals surface area contributed by atoms with Crippen LogP contribution in [0.25, 0.3) is 0 Å². The lowest BCUT2D eigenvalue weighted by atomic mass is 10.2. The Morgan fingerprint density at radius 3 is 2.65 bits per heavy atom. The van der Waals surface area contributed by atoms with Gasteiger partial charge in [0.15, 0.2) is 5.04 Å². The fourth-order valence-corrected chi connectivity index (χ4v) is 3.19. The van der Waals surface area contributed by atoms with Crippen molar-refractivity contribution in [2.45, 2.75) is 19.2 Å². The highest BCUT2D eigenvalue weighted by Crippen LogP contribution is 2.36. The van der Waals surface area contributed by atoms with Gasteiger partial charge in [0.2, 0.25) is 0 Å². The highest BCUT2D eigenvalue weighted by Gasteiger charge is 2.30. The van der Waals surface area contributed by atoms with Crippen LogP contribution in [0.5, 0.6) is 5.75 Å². The van der Waals surface area contributed by atoms with E-state index in [-0.39, 0.29) is 17.0 Å². The van der Waals surface area contributed by atoms with Gasteiger partial charge in [-0.1, -0.05) is 42.1 Å². The van der Waals surface area contributed by atoms with Gasteiger partial charge in [-0.3, -0.25) is 4.79 Å². The maximum atomic E-state index is 12.4. The third-order valence-electron chi connectivity index (χ3n) is 3.54. The van der Waals surface area contributed by atoms with Gasteiger partial charge in [-0.25, -0.2) is 5.01 Å². The van der Waals surface area contributed by atoms with Gasteiger partial charge in [-0.2, -0.15) is 5.10 Å². The summed E-state index contributed by atoms with van der Waals surface area (Å²) >= 11 is 1.36. The third kappa shape index (κ3) is 3.17. The molecule has 1 heterocycles. The first-order valence-electron chi connectivity index (χ1n) is 7.26. The molecular formula is C17H17N3O2S. The first-order chi connectivity index (χ1) is 11.1. The summed E-state index contributed by atoms with van der Waals surface area (Å²) in [5.41, 5.74) is 2.36. The first-order valence-corrected chi connectivity index (χ1v) is 8.13. The van der Waals surface area contributed by atoms with Crippen molar-refractivity contribution in [3.8, 4) is 5.75 Å². The molecule has 1 aliphatic rings. The summed E-state index contributed by atoms with van der Waals surface area (Å²) in [7, 11) is 0. The van der Waals surface area contributed by atoms with Crippen LogP contribution in [-0.2, 0) is 4.79 Å². The highest BCUT2D eigenvalue weighted by atomic mass is 32.2. The van der Waals surface area contributed by atoms with Gasteiger partial charge >= 0.3 is 0 Å². The largest absolute Gasteiger partial charge is 0.506 e. The molecule has 0 aromatic heterocycles. The molecular weight excluding hydrogens is 310 g/mol. The molecule has 2 aromatic carbocycles. The van der Waals surface area contributed by atoms with Crippen LogP contribution in [0.15, 0.2) is 53.6 Å². The van der Waals surface area contributed by atoms with Gasteiger partial charge in [0.1, 0.15) is 16.8 Å². The van der Waals surface area contributed by atoms with Crippen molar-refractivity contribution in [2.24, 2.45) is 5.10 Å². The number of phenols is 1. The lowest BCUT2D eigenvalue weighted by molar-refractivity contribution is -0.110. The van der Waals surface area contributed by atoms with E-state index in [0.717, 1.165) is 11.3 Å². The lowest BCUT2D eigenvalue weighted by Crippen LogP contribution is -2.20. The summed E-state index contributed by atoms with van der Waals surface area (Å²) in [6.45, 7) is 3.88. The van der Waals surface area contributed by atoms with Crippen LogP contribution in [0, 0.1) is 6.92 Å². The molecule has 118 valence electrons. The second-order valence-electron chi connectivity index (χ2n) is 5.22. The van der Waals surface area contributed by atoms with E-state index in [1.165, 1.54) is 11.8 Å². The van der Waals surface area contributed by atoms with Crippen molar-refractivity contribution in [3.63, 3.8) is 0 Å². The van der Waals surface area contributed by atoms with E-state index in [2.05, 4.69) is 10.4 Å². The number of aryl methyl sites for hydroxylation is 1. The van der Waals surface area contributed by atoms with E-state index in [1.54, 1.807) is 23.2 Å². The van der Waals surface area contributed by atoms with E-state index in [4.69, 9.17) is 0 Å². The second-order valence-corrected chi connectivity index (χ2v) is 6.53. The number of anilines is 2. The van der Waals surface area contributed by atoms with Gasteiger partial charge in [0.05, 0.1) is 0 Å². The molecule has 23 heavy (non-hydrogen) atoms. The number of carbonyl (C=O) groups excluding carboxylic acids is 1. The van der Waals surface area contributed by atoms with Crippen LogP contribution < -0.4 is 10.3 Å². The number of amides is 1. The second kappa shape index (κ2) is 6.34. The summed E-state index contributed by atoms with van der Waals surface area (Å²) in [5, 5.41) is 19.2. The predicted octanol–water partition coefficient (Wildman–Crippen LogP) is 3.55. The number of nitrogens with one attached hydrogen (secondary N) is 1. The lowest BCUT2D eigenvalue weighted by Gasteiger charge is -2.19. The van der Waals surface area contributed by atoms with Crippen LogP contribution in [-0.4, -0.2) is 21.4 Å². The molecule has 0 bridgehead atoms. The predicted molar refractivity (Wildman–Crippen MR) is 94.9 cm³/mol. The molecule has 5 nitrogen and oxygen atoms in total. The summed E-state index contributed by atoms with van der Waals surface area (Å²) in [4.78, 5) is 12.4. The number of nitrogens with zero attached hydrogens (tertiary/aromatic N) is 2. The summed E-state index contributed by atoms with van der Waals surface area (Å²) < 4.78 is 0. The minimum Gasteiger partial charge on any atom is -0.506 e. The Bertz CT molecular complexity index is 776. The van der Waals surface area contributed by atoms with Crippen molar-refractivity contribution < 1.29 is 9.90 Å². The van der Waals surface area contributed by atoms with Crippen LogP contribution in [0.2, 0.25) is 0 Å². The molecule has 1 amide bonds. The first kappa shape index (κ1) is 15.4. The van der Waals surface area contributed by atoms with Crippen molar-refractivity contribution in [1.29, 1.82) is 0 Å². The standard InChI is InChI=1S/C17H17N3O2S/c1-11-7-3-4-8-13(11)18-16(22)17-19-20(12(2)23-17)14-9-5-6-10-15(14)21/h3-10,12,21H,1-2H3,(H,18,22). The Labute approximate surface area is 139 Å². The smallest absolute Gasteiger partial charge is 0.282 e. The van der Waals surface area contributed by atoms with Crippen LogP contribution >= 0.6 is 11.8 Å². The molecule has 2 N–H and O–H groups in total. The third-order valence-corrected chi connectivity index (χ3v) is 4.57. The fraction of sp³-hybridized carbons (Fsp3) is 0.176. The number of benzene rings is 2. The minimum atomic E-state index is -0.242. The monoisotopic (exact) mass is 327 g/mol. The molecule has 0 saturated heterocycles. The summed E-state index contributed by atoms with van der Waals surface area (Å²) in [5.74, 6) is -0.0988. The normalized spacial score (nSPS) is 17.0. The molecule has 0 aliphatic carbocycles. The SMILES string of the molecule is Cc1ccccc1NC(=O)C1=NN(c2ccccc2O)C(C)S1. The number of carbonyl (C=O) groups is 1. The molecule has 0 spiro atoms. The molecule has 0 fully saturated rings. The molecule has 1 atom stereocenters. The van der Waals surface area contributed by atoms with Crippen molar-refractivity contribution in [3.05, 3.63) is 54.1 Å². The topological polar surface area (TPSA) is 64.9 Å². The molecule has 2 aromatic rings. The number of para-hydroxylation sites is 3. The minimum absolute atomic E-state index is 0.0686. The molecule has 6 heteroatoms. The van der Waals surface area contributed by atoms with Gasteiger partial charge in [-0.15, -0.1) is 0 Å². The quantitative estimate of drug-likeness (QED) is 0.905. The Morgan fingerprint density at radius 2 is 1.91 bits per heavy atom. The van der Waals surface area contributed by atoms with Crippen LogP contribution in [0.3, 0.4) is 0 Å². The zero-order chi connectivity index (χ0) is 16.4. The maximum Gasteiger partial charge on any atom is 0.282 e. The van der Waals surface area contributed by atoms with Crippen LogP contribution in [0.4, 0.5) is 11.4 Å². The Morgan fingerprint density at radius 1 is 1.22 bits per heavy atom. The average Bonchev–Trinajstić information content (AvgIpc) is 2.92. The fourth-order valence-electron chi connectivity index (χ4n) is 2.31. The van der Waals surface area contributed by atoms with E-state index in [1.807, 2.05) is 44.2 Å². The summed E-state index contributed by atoms with van der Waals surface area (Å²) in [6.07, 6.45) is 0. The number of phenolic OH excluding ortho intramolecular Hbond substituents is 1. The molecule has 0 saturated carbocycles. The number of thioether (sulfide) groups is 1. The Kier molecular flexibility index (Phi) is 4.25. The van der Waals surface area contributed by atoms with Crippen molar-refractivity contribution in [2.75, 3.05) is 10.3 Å². The molecule has 0 radical (unpaired) electrons. The zero-order valence-corrected chi connectivity index (χ0v) is 13.7. The van der Waals surface area contributed by atoms with E-state index < -0.39 is 0 Å². The van der Waals surface area contributed by atoms with Gasteiger partial charge in [0, 0.05) is 5.69 Å². The number of hydrogen-bond donors (Lipinski definition) is 2. The Balaban J connectivity index is 1.81. The number of hydrogen-bond acceptors (Lipinski definition) is 5. The maximum absolute atomic E-state index is 12.4. The number of hydrazone groups is 1. The molecule has 1 aliphatic heterocycles. The summed E-state index contributed by atoms with van der Waals surface area (Å²) in [6, 6.07) is 14.6. The Hall–Kier alpha value is -2.47. The van der Waals surface area contributed by atoms with Crippen molar-refractivity contribution in [1.82, 2.24) is 0 Å². The van der Waals surface area contributed by atoms with Gasteiger partial charge in [-0.05, 0) is 37.6 Å². The van der Waals surface area contributed by atoms with Gasteiger partial charge in [0.25, 0.3) is 5.91 Å². The van der Waals surface area contributed by atoms with Crippen molar-refractivity contribution >= 4 is 34.1 Å². The molecule has 3 rings (SSSR count). The van der Waals surface area contributed by atoms with E-state index in [0.29, 0.717) is 10.7 Å². The number of rotatable bonds is 3. The van der Waals surface area contributed by atoms with Gasteiger partial charge < -0.3 is 10.4 Å².